The van der Waals surface area contributed by atoms with Crippen LogP contribution in [-0.4, -0.2) is 32.6 Å². The van der Waals surface area contributed by atoms with E-state index in [9.17, 15) is 4.79 Å². The maximum atomic E-state index is 12.4. The normalized spacial score (nSPS) is 10.9. The van der Waals surface area contributed by atoms with E-state index in [0.29, 0.717) is 21.7 Å². The molecule has 0 spiro atoms. The molecule has 0 radical (unpaired) electrons. The molecule has 9 heteroatoms. The highest BCUT2D eigenvalue weighted by Gasteiger charge is 2.13. The number of hydrogen-bond acceptors (Lipinski definition) is 7. The first-order chi connectivity index (χ1) is 12.3. The molecule has 3 aromatic heterocycles. The number of nitrogens with zero attached hydrogens (tertiary/aromatic N) is 3. The average Bonchev–Trinajstić information content (AvgIpc) is 3.35. The van der Waals surface area contributed by atoms with E-state index in [2.05, 4.69) is 30.8 Å². The second kappa shape index (κ2) is 6.99. The lowest BCUT2D eigenvalue weighted by Crippen LogP contribution is -2.09. The number of hydrogen-bond donors (Lipinski definition) is 3. The fourth-order valence-corrected chi connectivity index (χ4v) is 3.95. The molecule has 0 fully saturated rings. The maximum absolute atomic E-state index is 12.4. The standard InChI is InChI=1S/C16H14N6OS2/c23-14(13-7-10-3-1-2-4-12(10)24-13)20-16-22-21-15(25-16)18-6-5-11-8-17-9-19-11/h1-4,7-9H,5-6H2,(H,17,19)(H,18,21)(H,20,22,23). The fourth-order valence-electron chi connectivity index (χ4n) is 2.32. The molecular weight excluding hydrogens is 356 g/mol. The quantitative estimate of drug-likeness (QED) is 0.483. The van der Waals surface area contributed by atoms with Crippen LogP contribution in [0.2, 0.25) is 0 Å². The highest BCUT2D eigenvalue weighted by Crippen LogP contribution is 2.27. The van der Waals surface area contributed by atoms with Gasteiger partial charge >= 0.3 is 0 Å². The second-order valence-electron chi connectivity index (χ2n) is 5.27. The van der Waals surface area contributed by atoms with Crippen LogP contribution in [-0.2, 0) is 6.42 Å². The molecule has 1 aromatic carbocycles. The summed E-state index contributed by atoms with van der Waals surface area (Å²) in [5.41, 5.74) is 1.05. The summed E-state index contributed by atoms with van der Waals surface area (Å²) < 4.78 is 1.09. The van der Waals surface area contributed by atoms with Gasteiger partial charge in [0.15, 0.2) is 0 Å². The van der Waals surface area contributed by atoms with E-state index in [1.54, 1.807) is 12.5 Å². The third-order valence-corrected chi connectivity index (χ3v) is 5.43. The highest BCUT2D eigenvalue weighted by molar-refractivity contribution is 7.21. The Labute approximate surface area is 151 Å². The Morgan fingerprint density at radius 1 is 1.16 bits per heavy atom. The molecule has 3 N–H and O–H groups in total. The van der Waals surface area contributed by atoms with E-state index in [-0.39, 0.29) is 5.91 Å². The zero-order valence-electron chi connectivity index (χ0n) is 13.0. The Balaban J connectivity index is 1.36. The number of imidazole rings is 1. The average molecular weight is 370 g/mol. The number of benzene rings is 1. The van der Waals surface area contributed by atoms with Crippen molar-refractivity contribution < 1.29 is 4.79 Å². The molecule has 0 aliphatic carbocycles. The van der Waals surface area contributed by atoms with Crippen molar-refractivity contribution in [1.82, 2.24) is 20.2 Å². The molecule has 126 valence electrons. The summed E-state index contributed by atoms with van der Waals surface area (Å²) in [6.07, 6.45) is 4.25. The molecule has 25 heavy (non-hydrogen) atoms. The molecule has 4 rings (SSSR count). The van der Waals surface area contributed by atoms with Gasteiger partial charge in [0, 0.05) is 29.6 Å². The number of fused-ring (bicyclic) bond motifs is 1. The number of carbonyl (C=O) groups is 1. The molecule has 0 aliphatic heterocycles. The van der Waals surface area contributed by atoms with Crippen LogP contribution in [0.1, 0.15) is 15.4 Å². The minimum atomic E-state index is -0.165. The summed E-state index contributed by atoms with van der Waals surface area (Å²) in [6.45, 7) is 0.709. The van der Waals surface area contributed by atoms with Gasteiger partial charge in [-0.25, -0.2) is 4.98 Å². The predicted octanol–water partition coefficient (Wildman–Crippen LogP) is 3.38. The van der Waals surface area contributed by atoms with Crippen LogP contribution in [0.15, 0.2) is 42.9 Å². The van der Waals surface area contributed by atoms with Crippen molar-refractivity contribution in [3.8, 4) is 0 Å². The lowest BCUT2D eigenvalue weighted by Gasteiger charge is -1.99. The van der Waals surface area contributed by atoms with E-state index in [1.807, 2.05) is 30.3 Å². The molecule has 1 amide bonds. The Hall–Kier alpha value is -2.78. The Kier molecular flexibility index (Phi) is 4.40. The number of nitrogens with one attached hydrogen (secondary N) is 3. The minimum absolute atomic E-state index is 0.165. The number of aromatic amines is 1. The van der Waals surface area contributed by atoms with Gasteiger partial charge in [0.2, 0.25) is 10.3 Å². The van der Waals surface area contributed by atoms with Gasteiger partial charge in [0.1, 0.15) is 0 Å². The first-order valence-electron chi connectivity index (χ1n) is 7.62. The molecule has 0 bridgehead atoms. The Morgan fingerprint density at radius 3 is 2.88 bits per heavy atom. The van der Waals surface area contributed by atoms with Crippen LogP contribution in [0.4, 0.5) is 10.3 Å². The topological polar surface area (TPSA) is 95.6 Å². The molecule has 0 unspecified atom stereocenters. The van der Waals surface area contributed by atoms with Gasteiger partial charge in [-0.3, -0.25) is 10.1 Å². The van der Waals surface area contributed by atoms with Gasteiger partial charge < -0.3 is 10.3 Å². The Bertz CT molecular complexity index is 958. The highest BCUT2D eigenvalue weighted by atomic mass is 32.1. The zero-order valence-corrected chi connectivity index (χ0v) is 14.7. The maximum Gasteiger partial charge on any atom is 0.267 e. The number of amides is 1. The summed E-state index contributed by atoms with van der Waals surface area (Å²) in [5, 5.41) is 16.3. The van der Waals surface area contributed by atoms with E-state index >= 15 is 0 Å². The predicted molar refractivity (Wildman–Crippen MR) is 100 cm³/mol. The molecule has 0 saturated heterocycles. The van der Waals surface area contributed by atoms with Crippen LogP contribution in [0, 0.1) is 0 Å². The molecule has 0 atom stereocenters. The lowest BCUT2D eigenvalue weighted by molar-refractivity contribution is 0.103. The van der Waals surface area contributed by atoms with Crippen molar-refractivity contribution in [2.75, 3.05) is 17.2 Å². The van der Waals surface area contributed by atoms with Crippen molar-refractivity contribution in [3.05, 3.63) is 53.4 Å². The van der Waals surface area contributed by atoms with Gasteiger partial charge in [-0.15, -0.1) is 21.5 Å². The van der Waals surface area contributed by atoms with Crippen molar-refractivity contribution in [1.29, 1.82) is 0 Å². The third-order valence-electron chi connectivity index (χ3n) is 3.52. The monoisotopic (exact) mass is 370 g/mol. The van der Waals surface area contributed by atoms with Gasteiger partial charge in [-0.05, 0) is 17.5 Å². The van der Waals surface area contributed by atoms with Crippen LogP contribution >= 0.6 is 22.7 Å². The van der Waals surface area contributed by atoms with Gasteiger partial charge in [0.25, 0.3) is 5.91 Å². The summed E-state index contributed by atoms with van der Waals surface area (Å²) in [6, 6.07) is 9.81. The van der Waals surface area contributed by atoms with Crippen molar-refractivity contribution in [3.63, 3.8) is 0 Å². The lowest BCUT2D eigenvalue weighted by atomic mass is 10.2. The van der Waals surface area contributed by atoms with Crippen molar-refractivity contribution in [2.45, 2.75) is 6.42 Å². The van der Waals surface area contributed by atoms with E-state index < -0.39 is 0 Å². The number of carbonyl (C=O) groups excluding carboxylic acids is 1. The molecule has 7 nitrogen and oxygen atoms in total. The van der Waals surface area contributed by atoms with E-state index in [1.165, 1.54) is 22.7 Å². The number of anilines is 2. The van der Waals surface area contributed by atoms with Crippen LogP contribution in [0.3, 0.4) is 0 Å². The summed E-state index contributed by atoms with van der Waals surface area (Å²) >= 11 is 2.78. The van der Waals surface area contributed by atoms with Gasteiger partial charge in [-0.2, -0.15) is 0 Å². The molecule has 0 saturated carbocycles. The van der Waals surface area contributed by atoms with Gasteiger partial charge in [-0.1, -0.05) is 29.5 Å². The van der Waals surface area contributed by atoms with Crippen molar-refractivity contribution >= 4 is 48.9 Å². The molecule has 0 aliphatic rings. The molecule has 4 aromatic rings. The van der Waals surface area contributed by atoms with Crippen LogP contribution < -0.4 is 10.6 Å². The summed E-state index contributed by atoms with van der Waals surface area (Å²) in [4.78, 5) is 20.0. The van der Waals surface area contributed by atoms with Crippen LogP contribution in [0.25, 0.3) is 10.1 Å². The SMILES string of the molecule is O=C(Nc1nnc(NCCc2cnc[nH]2)s1)c1cc2ccccc2s1. The first-order valence-corrected chi connectivity index (χ1v) is 9.26. The molecule has 3 heterocycles. The molecular formula is C16H14N6OS2. The van der Waals surface area contributed by atoms with Gasteiger partial charge in [0.05, 0.1) is 11.2 Å². The first kappa shape index (κ1) is 15.7. The third kappa shape index (κ3) is 3.67. The summed E-state index contributed by atoms with van der Waals surface area (Å²) in [7, 11) is 0. The zero-order chi connectivity index (χ0) is 17.1. The minimum Gasteiger partial charge on any atom is -0.360 e. The largest absolute Gasteiger partial charge is 0.360 e. The summed E-state index contributed by atoms with van der Waals surface area (Å²) in [5.74, 6) is -0.165. The van der Waals surface area contributed by atoms with Crippen LogP contribution in [0.5, 0.6) is 0 Å². The number of rotatable bonds is 6. The fraction of sp³-hybridized carbons (Fsp3) is 0.125. The van der Waals surface area contributed by atoms with Crippen molar-refractivity contribution in [2.24, 2.45) is 0 Å². The van der Waals surface area contributed by atoms with E-state index in [0.717, 1.165) is 22.2 Å². The number of thiophene rings is 1. The smallest absolute Gasteiger partial charge is 0.267 e. The number of aromatic nitrogens is 4. The number of H-pyrrole nitrogens is 1. The second-order valence-corrected chi connectivity index (χ2v) is 7.33. The Morgan fingerprint density at radius 2 is 2.04 bits per heavy atom. The van der Waals surface area contributed by atoms with E-state index in [4.69, 9.17) is 0 Å².